The van der Waals surface area contributed by atoms with Crippen molar-refractivity contribution >= 4 is 10.0 Å². The minimum atomic E-state index is -3.16. The van der Waals surface area contributed by atoms with E-state index in [1.807, 2.05) is 37.4 Å². The molecule has 0 aliphatic carbocycles. The molecule has 5 heteroatoms. The normalized spacial score (nSPS) is 20.5. The van der Waals surface area contributed by atoms with Crippen LogP contribution in [-0.4, -0.2) is 44.7 Å². The maximum absolute atomic E-state index is 12.6. The Morgan fingerprint density at radius 2 is 2.00 bits per heavy atom. The molecule has 1 atom stereocenters. The van der Waals surface area contributed by atoms with E-state index in [4.69, 9.17) is 0 Å². The largest absolute Gasteiger partial charge is 0.320 e. The Morgan fingerprint density at radius 1 is 1.24 bits per heavy atom. The quantitative estimate of drug-likeness (QED) is 0.838. The van der Waals surface area contributed by atoms with Crippen LogP contribution in [0, 0.1) is 0 Å². The number of rotatable bonds is 7. The fraction of sp³-hybridized carbons (Fsp3) is 0.625. The molecule has 1 aliphatic heterocycles. The van der Waals surface area contributed by atoms with Crippen LogP contribution in [0.3, 0.4) is 0 Å². The second-order valence-corrected chi connectivity index (χ2v) is 7.75. The molecule has 1 aromatic rings. The molecule has 1 saturated heterocycles. The smallest absolute Gasteiger partial charge is 0.214 e. The number of aryl methyl sites for hydroxylation is 1. The number of sulfonamides is 1. The third-order valence-corrected chi connectivity index (χ3v) is 6.06. The van der Waals surface area contributed by atoms with E-state index in [1.165, 1.54) is 0 Å². The highest BCUT2D eigenvalue weighted by Crippen LogP contribution is 2.23. The Hall–Kier alpha value is -0.910. The maximum atomic E-state index is 12.6. The van der Waals surface area contributed by atoms with Gasteiger partial charge in [0.05, 0.1) is 5.75 Å². The number of nitrogens with zero attached hydrogens (tertiary/aromatic N) is 1. The van der Waals surface area contributed by atoms with Gasteiger partial charge in [0.1, 0.15) is 0 Å². The monoisotopic (exact) mass is 310 g/mol. The van der Waals surface area contributed by atoms with Gasteiger partial charge >= 0.3 is 0 Å². The number of hydrogen-bond acceptors (Lipinski definition) is 3. The molecule has 1 heterocycles. The Balaban J connectivity index is 1.98. The summed E-state index contributed by atoms with van der Waals surface area (Å²) in [7, 11) is -1.24. The van der Waals surface area contributed by atoms with Gasteiger partial charge in [-0.1, -0.05) is 36.8 Å². The van der Waals surface area contributed by atoms with Gasteiger partial charge in [-0.2, -0.15) is 4.31 Å². The molecule has 1 aromatic carbocycles. The number of nitrogens with one attached hydrogen (secondary N) is 1. The highest BCUT2D eigenvalue weighted by molar-refractivity contribution is 7.89. The summed E-state index contributed by atoms with van der Waals surface area (Å²) in [6.07, 6.45) is 4.62. The van der Waals surface area contributed by atoms with Gasteiger partial charge < -0.3 is 5.32 Å². The molecule has 0 spiro atoms. The first kappa shape index (κ1) is 16.5. The molecule has 4 nitrogen and oxygen atoms in total. The summed E-state index contributed by atoms with van der Waals surface area (Å²) in [4.78, 5) is 0. The SMILES string of the molecule is CNCCC1CCCCN1S(=O)(=O)CCc1ccccc1. The summed E-state index contributed by atoms with van der Waals surface area (Å²) in [6.45, 7) is 1.56. The first-order valence-electron chi connectivity index (χ1n) is 7.81. The van der Waals surface area contributed by atoms with E-state index in [9.17, 15) is 8.42 Å². The zero-order valence-electron chi connectivity index (χ0n) is 12.8. The Labute approximate surface area is 128 Å². The van der Waals surface area contributed by atoms with E-state index < -0.39 is 10.0 Å². The highest BCUT2D eigenvalue weighted by atomic mass is 32.2. The van der Waals surface area contributed by atoms with Crippen LogP contribution in [0.25, 0.3) is 0 Å². The van der Waals surface area contributed by atoms with Crippen LogP contribution in [0.15, 0.2) is 30.3 Å². The summed E-state index contributed by atoms with van der Waals surface area (Å²) in [5, 5.41) is 3.12. The van der Waals surface area contributed by atoms with Crippen molar-refractivity contribution < 1.29 is 8.42 Å². The summed E-state index contributed by atoms with van der Waals surface area (Å²) in [5.74, 6) is 0.215. The summed E-state index contributed by atoms with van der Waals surface area (Å²) in [5.41, 5.74) is 1.09. The van der Waals surface area contributed by atoms with Gasteiger partial charge in [-0.15, -0.1) is 0 Å². The number of hydrogen-bond donors (Lipinski definition) is 1. The fourth-order valence-electron chi connectivity index (χ4n) is 2.95. The van der Waals surface area contributed by atoms with Crippen molar-refractivity contribution in [1.29, 1.82) is 0 Å². The van der Waals surface area contributed by atoms with E-state index in [0.29, 0.717) is 13.0 Å². The molecule has 0 aromatic heterocycles. The number of piperidine rings is 1. The fourth-order valence-corrected chi connectivity index (χ4v) is 4.75. The van der Waals surface area contributed by atoms with E-state index >= 15 is 0 Å². The second-order valence-electron chi connectivity index (χ2n) is 5.70. The molecular weight excluding hydrogens is 284 g/mol. The van der Waals surface area contributed by atoms with Crippen molar-refractivity contribution in [3.63, 3.8) is 0 Å². The van der Waals surface area contributed by atoms with Crippen molar-refractivity contribution in [2.45, 2.75) is 38.1 Å². The van der Waals surface area contributed by atoms with Crippen molar-refractivity contribution in [1.82, 2.24) is 9.62 Å². The first-order chi connectivity index (χ1) is 10.1. The second kappa shape index (κ2) is 7.92. The average Bonchev–Trinajstić information content (AvgIpc) is 2.52. The van der Waals surface area contributed by atoms with Gasteiger partial charge in [0.25, 0.3) is 0 Å². The van der Waals surface area contributed by atoms with Gasteiger partial charge in [0.15, 0.2) is 0 Å². The molecule has 1 unspecified atom stereocenters. The molecule has 0 saturated carbocycles. The van der Waals surface area contributed by atoms with Crippen molar-refractivity contribution in [2.75, 3.05) is 25.9 Å². The van der Waals surface area contributed by atoms with Crippen LogP contribution in [0.1, 0.15) is 31.2 Å². The van der Waals surface area contributed by atoms with Crippen molar-refractivity contribution in [3.8, 4) is 0 Å². The molecule has 118 valence electrons. The van der Waals surface area contributed by atoms with Gasteiger partial charge in [-0.05, 0) is 44.8 Å². The van der Waals surface area contributed by atoms with Crippen LogP contribution >= 0.6 is 0 Å². The molecule has 2 rings (SSSR count). The van der Waals surface area contributed by atoms with Gasteiger partial charge in [-0.25, -0.2) is 8.42 Å². The molecule has 1 fully saturated rings. The summed E-state index contributed by atoms with van der Waals surface area (Å²) in [6, 6.07) is 10.0. The number of benzene rings is 1. The van der Waals surface area contributed by atoms with Crippen LogP contribution in [0.2, 0.25) is 0 Å². The lowest BCUT2D eigenvalue weighted by Gasteiger charge is -2.34. The maximum Gasteiger partial charge on any atom is 0.214 e. The van der Waals surface area contributed by atoms with E-state index in [-0.39, 0.29) is 11.8 Å². The predicted octanol–water partition coefficient (Wildman–Crippen LogP) is 2.02. The zero-order chi connectivity index (χ0) is 15.1. The topological polar surface area (TPSA) is 49.4 Å². The van der Waals surface area contributed by atoms with Gasteiger partial charge in [-0.3, -0.25) is 0 Å². The lowest BCUT2D eigenvalue weighted by molar-refractivity contribution is 0.240. The third-order valence-electron chi connectivity index (χ3n) is 4.15. The predicted molar refractivity (Wildman–Crippen MR) is 86.8 cm³/mol. The lowest BCUT2D eigenvalue weighted by atomic mass is 10.0. The Kier molecular flexibility index (Phi) is 6.21. The first-order valence-corrected chi connectivity index (χ1v) is 9.42. The standard InChI is InChI=1S/C16H26N2O2S/c1-17-12-10-16-9-5-6-13-18(16)21(19,20)14-11-15-7-3-2-4-8-15/h2-4,7-8,16-17H,5-6,9-14H2,1H3. The molecule has 0 amide bonds. The summed E-state index contributed by atoms with van der Waals surface area (Å²) < 4.78 is 27.0. The van der Waals surface area contributed by atoms with Crippen LogP contribution in [0.4, 0.5) is 0 Å². The Bertz CT molecular complexity index is 516. The molecule has 1 N–H and O–H groups in total. The molecule has 21 heavy (non-hydrogen) atoms. The van der Waals surface area contributed by atoms with Crippen LogP contribution in [0.5, 0.6) is 0 Å². The minimum Gasteiger partial charge on any atom is -0.320 e. The molecular formula is C16H26N2O2S. The third kappa shape index (κ3) is 4.80. The minimum absolute atomic E-state index is 0.173. The van der Waals surface area contributed by atoms with Crippen LogP contribution < -0.4 is 5.32 Å². The van der Waals surface area contributed by atoms with Gasteiger partial charge in [0, 0.05) is 12.6 Å². The van der Waals surface area contributed by atoms with E-state index in [0.717, 1.165) is 37.8 Å². The van der Waals surface area contributed by atoms with Gasteiger partial charge in [0.2, 0.25) is 10.0 Å². The van der Waals surface area contributed by atoms with E-state index in [2.05, 4.69) is 5.32 Å². The van der Waals surface area contributed by atoms with E-state index in [1.54, 1.807) is 4.31 Å². The molecule has 0 bridgehead atoms. The van der Waals surface area contributed by atoms with Crippen molar-refractivity contribution in [2.24, 2.45) is 0 Å². The lowest BCUT2D eigenvalue weighted by Crippen LogP contribution is -2.45. The average molecular weight is 310 g/mol. The van der Waals surface area contributed by atoms with Crippen molar-refractivity contribution in [3.05, 3.63) is 35.9 Å². The van der Waals surface area contributed by atoms with Crippen LogP contribution in [-0.2, 0) is 16.4 Å². The Morgan fingerprint density at radius 3 is 2.71 bits per heavy atom. The summed E-state index contributed by atoms with van der Waals surface area (Å²) >= 11 is 0. The molecule has 1 aliphatic rings. The molecule has 0 radical (unpaired) electrons. The highest BCUT2D eigenvalue weighted by Gasteiger charge is 2.31. The zero-order valence-corrected chi connectivity index (χ0v) is 13.6.